The van der Waals surface area contributed by atoms with E-state index in [1.807, 2.05) is 35.9 Å². The molecule has 0 atom stereocenters. The normalized spacial score (nSPS) is 10.9. The summed E-state index contributed by atoms with van der Waals surface area (Å²) < 4.78 is 18.2. The molecule has 9 heteroatoms. The summed E-state index contributed by atoms with van der Waals surface area (Å²) in [6.07, 6.45) is 2.51. The van der Waals surface area contributed by atoms with Crippen LogP contribution in [0.25, 0.3) is 22.6 Å². The molecule has 0 aliphatic carbocycles. The van der Waals surface area contributed by atoms with Crippen LogP contribution in [-0.2, 0) is 11.2 Å². The van der Waals surface area contributed by atoms with Crippen molar-refractivity contribution in [2.24, 2.45) is 0 Å². The molecule has 30 heavy (non-hydrogen) atoms. The van der Waals surface area contributed by atoms with Gasteiger partial charge in [-0.15, -0.1) is 23.1 Å². The summed E-state index contributed by atoms with van der Waals surface area (Å²) >= 11 is 3.06. The Morgan fingerprint density at radius 2 is 1.83 bits per heavy atom. The number of aromatic nitrogens is 3. The molecule has 2 aromatic heterocycles. The minimum atomic E-state index is -0.332. The van der Waals surface area contributed by atoms with E-state index in [1.165, 1.54) is 28.4 Å². The van der Waals surface area contributed by atoms with E-state index >= 15 is 0 Å². The first-order valence-electron chi connectivity index (χ1n) is 9.09. The van der Waals surface area contributed by atoms with Gasteiger partial charge >= 0.3 is 0 Å². The van der Waals surface area contributed by atoms with Crippen LogP contribution < -0.4 is 5.32 Å². The molecule has 4 aromatic rings. The zero-order valence-corrected chi connectivity index (χ0v) is 17.6. The summed E-state index contributed by atoms with van der Waals surface area (Å²) in [6.45, 7) is 0. The number of anilines is 1. The summed E-state index contributed by atoms with van der Waals surface area (Å²) in [6, 6.07) is 13.9. The molecule has 0 unspecified atom stereocenters. The van der Waals surface area contributed by atoms with Crippen LogP contribution in [0.4, 0.5) is 9.52 Å². The fourth-order valence-electron chi connectivity index (χ4n) is 2.70. The van der Waals surface area contributed by atoms with E-state index in [9.17, 15) is 9.18 Å². The smallest absolute Gasteiger partial charge is 0.227 e. The molecule has 0 saturated carbocycles. The standard InChI is InChI=1S/C21H17FN4O2S2/c1-29-16-8-4-13(5-9-16)17-12-30-21(23-17)24-18(27)10-11-19-25-20(26-28-19)14-2-6-15(22)7-3-14/h2-9,12H,10-11H2,1H3,(H,23,24,27). The maximum absolute atomic E-state index is 13.0. The van der Waals surface area contributed by atoms with Gasteiger partial charge in [-0.1, -0.05) is 17.3 Å². The molecular weight excluding hydrogens is 423 g/mol. The molecule has 0 bridgehead atoms. The van der Waals surface area contributed by atoms with Gasteiger partial charge in [-0.2, -0.15) is 4.98 Å². The molecule has 1 amide bonds. The van der Waals surface area contributed by atoms with Gasteiger partial charge < -0.3 is 9.84 Å². The lowest BCUT2D eigenvalue weighted by Crippen LogP contribution is -2.12. The number of nitrogens with one attached hydrogen (secondary N) is 1. The van der Waals surface area contributed by atoms with E-state index in [-0.39, 0.29) is 18.1 Å². The average molecular weight is 441 g/mol. The topological polar surface area (TPSA) is 80.9 Å². The number of hydrogen-bond donors (Lipinski definition) is 1. The molecular formula is C21H17FN4O2S2. The van der Waals surface area contributed by atoms with Crippen molar-refractivity contribution >= 4 is 34.1 Å². The number of halogens is 1. The number of hydrogen-bond acceptors (Lipinski definition) is 7. The van der Waals surface area contributed by atoms with Crippen LogP contribution in [0.3, 0.4) is 0 Å². The van der Waals surface area contributed by atoms with Crippen LogP contribution >= 0.6 is 23.1 Å². The molecule has 0 aliphatic rings. The molecule has 0 radical (unpaired) electrons. The van der Waals surface area contributed by atoms with Gasteiger partial charge in [-0.05, 0) is 42.7 Å². The minimum Gasteiger partial charge on any atom is -0.339 e. The number of benzene rings is 2. The summed E-state index contributed by atoms with van der Waals surface area (Å²) in [7, 11) is 0. The van der Waals surface area contributed by atoms with E-state index in [2.05, 4.69) is 20.4 Å². The van der Waals surface area contributed by atoms with Crippen molar-refractivity contribution in [1.82, 2.24) is 15.1 Å². The number of carbonyl (C=O) groups excluding carboxylic acids is 1. The average Bonchev–Trinajstić information content (AvgIpc) is 3.43. The summed E-state index contributed by atoms with van der Waals surface area (Å²) in [4.78, 5) is 22.2. The molecule has 1 N–H and O–H groups in total. The molecule has 6 nitrogen and oxygen atoms in total. The lowest BCUT2D eigenvalue weighted by molar-refractivity contribution is -0.116. The van der Waals surface area contributed by atoms with Crippen LogP contribution in [0.1, 0.15) is 12.3 Å². The predicted octanol–water partition coefficient (Wildman–Crippen LogP) is 5.29. The Morgan fingerprint density at radius 3 is 2.57 bits per heavy atom. The van der Waals surface area contributed by atoms with E-state index in [4.69, 9.17) is 4.52 Å². The van der Waals surface area contributed by atoms with Gasteiger partial charge in [0.05, 0.1) is 5.69 Å². The van der Waals surface area contributed by atoms with Crippen molar-refractivity contribution in [2.75, 3.05) is 11.6 Å². The van der Waals surface area contributed by atoms with E-state index in [1.54, 1.807) is 23.9 Å². The number of thioether (sulfide) groups is 1. The number of amides is 1. The number of rotatable bonds is 7. The van der Waals surface area contributed by atoms with Gasteiger partial charge in [-0.25, -0.2) is 9.37 Å². The highest BCUT2D eigenvalue weighted by Gasteiger charge is 2.12. The first-order valence-corrected chi connectivity index (χ1v) is 11.2. The van der Waals surface area contributed by atoms with Crippen molar-refractivity contribution in [3.05, 3.63) is 65.6 Å². The number of thiazole rings is 1. The fraction of sp³-hybridized carbons (Fsp3) is 0.143. The maximum Gasteiger partial charge on any atom is 0.227 e. The first-order chi connectivity index (χ1) is 14.6. The highest BCUT2D eigenvalue weighted by Crippen LogP contribution is 2.27. The Hall–Kier alpha value is -3.04. The van der Waals surface area contributed by atoms with Crippen LogP contribution in [-0.4, -0.2) is 27.3 Å². The van der Waals surface area contributed by atoms with Crippen molar-refractivity contribution in [3.63, 3.8) is 0 Å². The molecule has 0 aliphatic heterocycles. The van der Waals surface area contributed by atoms with Crippen LogP contribution in [0.5, 0.6) is 0 Å². The van der Waals surface area contributed by atoms with Gasteiger partial charge in [0.2, 0.25) is 17.6 Å². The molecule has 4 rings (SSSR count). The van der Waals surface area contributed by atoms with Crippen LogP contribution in [0.15, 0.2) is 63.3 Å². The van der Waals surface area contributed by atoms with Crippen molar-refractivity contribution in [3.8, 4) is 22.6 Å². The molecule has 0 saturated heterocycles. The molecule has 0 fully saturated rings. The van der Waals surface area contributed by atoms with Crippen molar-refractivity contribution in [2.45, 2.75) is 17.7 Å². The zero-order valence-electron chi connectivity index (χ0n) is 16.0. The van der Waals surface area contributed by atoms with Gasteiger partial charge in [0.25, 0.3) is 0 Å². The third-order valence-corrected chi connectivity index (χ3v) is 5.77. The monoisotopic (exact) mass is 440 g/mol. The highest BCUT2D eigenvalue weighted by molar-refractivity contribution is 7.98. The summed E-state index contributed by atoms with van der Waals surface area (Å²) in [5.74, 6) is 0.192. The maximum atomic E-state index is 13.0. The first kappa shape index (κ1) is 20.2. The van der Waals surface area contributed by atoms with E-state index in [0.29, 0.717) is 28.8 Å². The molecule has 152 valence electrons. The van der Waals surface area contributed by atoms with Crippen molar-refractivity contribution < 1.29 is 13.7 Å². The third-order valence-electron chi connectivity index (χ3n) is 4.27. The van der Waals surface area contributed by atoms with Crippen LogP contribution in [0, 0.1) is 5.82 Å². The lowest BCUT2D eigenvalue weighted by atomic mass is 10.2. The second-order valence-corrected chi connectivity index (χ2v) is 8.07. The van der Waals surface area contributed by atoms with Crippen LogP contribution in [0.2, 0.25) is 0 Å². The van der Waals surface area contributed by atoms with Gasteiger partial charge in [0.15, 0.2) is 5.13 Å². The second-order valence-electron chi connectivity index (χ2n) is 6.33. The number of carbonyl (C=O) groups is 1. The Labute approximate surface area is 180 Å². The summed E-state index contributed by atoms with van der Waals surface area (Å²) in [5.41, 5.74) is 2.48. The van der Waals surface area contributed by atoms with Crippen molar-refractivity contribution in [1.29, 1.82) is 0 Å². The molecule has 2 heterocycles. The largest absolute Gasteiger partial charge is 0.339 e. The Morgan fingerprint density at radius 1 is 1.10 bits per heavy atom. The second kappa shape index (κ2) is 9.19. The SMILES string of the molecule is CSc1ccc(-c2csc(NC(=O)CCc3nc(-c4ccc(F)cc4)no3)n2)cc1. The fourth-order valence-corrected chi connectivity index (χ4v) is 3.84. The Kier molecular flexibility index (Phi) is 6.20. The van der Waals surface area contributed by atoms with Gasteiger partial charge in [0.1, 0.15) is 5.82 Å². The lowest BCUT2D eigenvalue weighted by Gasteiger charge is -2.00. The predicted molar refractivity (Wildman–Crippen MR) is 116 cm³/mol. The Balaban J connectivity index is 1.32. The number of aryl methyl sites for hydroxylation is 1. The Bertz CT molecular complexity index is 1140. The summed E-state index contributed by atoms with van der Waals surface area (Å²) in [5, 5.41) is 9.13. The van der Waals surface area contributed by atoms with Gasteiger partial charge in [0, 0.05) is 34.2 Å². The highest BCUT2D eigenvalue weighted by atomic mass is 32.2. The van der Waals surface area contributed by atoms with E-state index in [0.717, 1.165) is 11.3 Å². The molecule has 0 spiro atoms. The third kappa shape index (κ3) is 4.92. The minimum absolute atomic E-state index is 0.183. The van der Waals surface area contributed by atoms with Gasteiger partial charge in [-0.3, -0.25) is 4.79 Å². The number of nitrogens with zero attached hydrogens (tertiary/aromatic N) is 3. The molecule has 2 aromatic carbocycles. The zero-order chi connectivity index (χ0) is 20.9. The van der Waals surface area contributed by atoms with E-state index < -0.39 is 0 Å². The quantitative estimate of drug-likeness (QED) is 0.393.